The molecule has 0 fully saturated rings. The van der Waals surface area contributed by atoms with E-state index in [2.05, 4.69) is 5.32 Å². The molecule has 0 aliphatic heterocycles. The average Bonchev–Trinajstić information content (AvgIpc) is 2.42. The van der Waals surface area contributed by atoms with Crippen LogP contribution in [0.2, 0.25) is 0 Å². The Kier molecular flexibility index (Phi) is 8.22. The van der Waals surface area contributed by atoms with Gasteiger partial charge in [-0.05, 0) is 37.6 Å². The van der Waals surface area contributed by atoms with Crippen LogP contribution in [0.1, 0.15) is 12.0 Å². The predicted molar refractivity (Wildman–Crippen MR) is 78.1 cm³/mol. The molecule has 0 spiro atoms. The van der Waals surface area contributed by atoms with Crippen LogP contribution in [0.3, 0.4) is 0 Å². The molecule has 0 bridgehead atoms. The average molecular weight is 283 g/mol. The number of aryl methyl sites for hydroxylation is 1. The molecule has 2 atom stereocenters. The molecule has 1 aromatic rings. The van der Waals surface area contributed by atoms with Crippen molar-refractivity contribution in [1.29, 1.82) is 0 Å². The van der Waals surface area contributed by atoms with Crippen molar-refractivity contribution in [2.24, 2.45) is 0 Å². The van der Waals surface area contributed by atoms with Crippen LogP contribution in [0.15, 0.2) is 24.3 Å². The number of nitrogens with one attached hydrogen (secondary N) is 1. The zero-order chi connectivity index (χ0) is 14.8. The molecule has 114 valence electrons. The first-order valence-corrected chi connectivity index (χ1v) is 6.87. The van der Waals surface area contributed by atoms with Crippen molar-refractivity contribution in [3.8, 4) is 5.75 Å². The molecule has 0 aliphatic carbocycles. The Labute approximate surface area is 120 Å². The van der Waals surface area contributed by atoms with E-state index in [1.54, 1.807) is 7.11 Å². The molecule has 20 heavy (non-hydrogen) atoms. The van der Waals surface area contributed by atoms with Crippen molar-refractivity contribution in [1.82, 2.24) is 5.32 Å². The SMILES string of the molecule is COCC(O)CCNCC(O)COc1cccc(C)c1. The minimum Gasteiger partial charge on any atom is -0.491 e. The molecule has 5 nitrogen and oxygen atoms in total. The van der Waals surface area contributed by atoms with Gasteiger partial charge in [0.2, 0.25) is 0 Å². The Morgan fingerprint density at radius 3 is 2.70 bits per heavy atom. The topological polar surface area (TPSA) is 71.0 Å². The second kappa shape index (κ2) is 9.72. The first-order valence-electron chi connectivity index (χ1n) is 6.87. The maximum absolute atomic E-state index is 9.77. The van der Waals surface area contributed by atoms with Gasteiger partial charge in [-0.3, -0.25) is 0 Å². The normalized spacial score (nSPS) is 14.0. The fourth-order valence-corrected chi connectivity index (χ4v) is 1.77. The van der Waals surface area contributed by atoms with E-state index < -0.39 is 12.2 Å². The van der Waals surface area contributed by atoms with Gasteiger partial charge in [0.05, 0.1) is 12.7 Å². The monoisotopic (exact) mass is 283 g/mol. The van der Waals surface area contributed by atoms with Crippen LogP contribution in [-0.2, 0) is 4.74 Å². The minimum atomic E-state index is -0.574. The van der Waals surface area contributed by atoms with Crippen molar-refractivity contribution in [2.75, 3.05) is 33.4 Å². The highest BCUT2D eigenvalue weighted by molar-refractivity contribution is 5.27. The molecule has 3 N–H and O–H groups in total. The van der Waals surface area contributed by atoms with E-state index in [0.29, 0.717) is 26.1 Å². The number of aliphatic hydroxyl groups is 2. The zero-order valence-corrected chi connectivity index (χ0v) is 12.2. The lowest BCUT2D eigenvalue weighted by molar-refractivity contribution is 0.0577. The quantitative estimate of drug-likeness (QED) is 0.552. The van der Waals surface area contributed by atoms with E-state index in [9.17, 15) is 10.2 Å². The standard InChI is InChI=1S/C15H25NO4/c1-12-4-3-5-15(8-12)20-11-14(18)9-16-7-6-13(17)10-19-2/h3-5,8,13-14,16-18H,6-7,9-11H2,1-2H3. The maximum atomic E-state index is 9.77. The summed E-state index contributed by atoms with van der Waals surface area (Å²) in [6, 6.07) is 7.72. The van der Waals surface area contributed by atoms with Crippen molar-refractivity contribution < 1.29 is 19.7 Å². The number of hydrogen-bond donors (Lipinski definition) is 3. The van der Waals surface area contributed by atoms with Gasteiger partial charge >= 0.3 is 0 Å². The Balaban J connectivity index is 2.10. The summed E-state index contributed by atoms with van der Waals surface area (Å²) in [6.07, 6.45) is -0.442. The Bertz CT molecular complexity index is 373. The van der Waals surface area contributed by atoms with Crippen LogP contribution in [0.5, 0.6) is 5.75 Å². The Morgan fingerprint density at radius 1 is 1.20 bits per heavy atom. The molecule has 0 saturated carbocycles. The third-order valence-corrected chi connectivity index (χ3v) is 2.83. The fraction of sp³-hybridized carbons (Fsp3) is 0.600. The molecule has 0 heterocycles. The van der Waals surface area contributed by atoms with Gasteiger partial charge in [-0.25, -0.2) is 0 Å². The molecule has 1 aromatic carbocycles. The van der Waals surface area contributed by atoms with Gasteiger partial charge in [-0.15, -0.1) is 0 Å². The summed E-state index contributed by atoms with van der Waals surface area (Å²) in [5.41, 5.74) is 1.13. The third-order valence-electron chi connectivity index (χ3n) is 2.83. The number of hydrogen-bond acceptors (Lipinski definition) is 5. The Hall–Kier alpha value is -1.14. The van der Waals surface area contributed by atoms with Crippen LogP contribution in [0.25, 0.3) is 0 Å². The predicted octanol–water partition coefficient (Wildman–Crippen LogP) is 0.722. The number of aliphatic hydroxyl groups excluding tert-OH is 2. The van der Waals surface area contributed by atoms with Gasteiger partial charge in [0.1, 0.15) is 18.5 Å². The molecular weight excluding hydrogens is 258 g/mol. The second-order valence-corrected chi connectivity index (χ2v) is 4.88. The maximum Gasteiger partial charge on any atom is 0.119 e. The summed E-state index contributed by atoms with van der Waals surface area (Å²) in [6.45, 7) is 3.64. The van der Waals surface area contributed by atoms with Gasteiger partial charge in [0, 0.05) is 13.7 Å². The van der Waals surface area contributed by atoms with Crippen LogP contribution in [0.4, 0.5) is 0 Å². The van der Waals surface area contributed by atoms with E-state index >= 15 is 0 Å². The summed E-state index contributed by atoms with van der Waals surface area (Å²) < 4.78 is 10.3. The summed E-state index contributed by atoms with van der Waals surface area (Å²) in [4.78, 5) is 0. The molecule has 0 saturated heterocycles. The van der Waals surface area contributed by atoms with Crippen molar-refractivity contribution in [3.63, 3.8) is 0 Å². The highest BCUT2D eigenvalue weighted by Crippen LogP contribution is 2.12. The van der Waals surface area contributed by atoms with E-state index in [0.717, 1.165) is 11.3 Å². The lowest BCUT2D eigenvalue weighted by Gasteiger charge is -2.14. The molecule has 1 rings (SSSR count). The highest BCUT2D eigenvalue weighted by atomic mass is 16.5. The Morgan fingerprint density at radius 2 is 2.00 bits per heavy atom. The molecule has 0 aliphatic rings. The van der Waals surface area contributed by atoms with Gasteiger partial charge in [0.25, 0.3) is 0 Å². The molecular formula is C15H25NO4. The van der Waals surface area contributed by atoms with Gasteiger partial charge in [-0.1, -0.05) is 12.1 Å². The molecule has 5 heteroatoms. The summed E-state index contributed by atoms with van der Waals surface area (Å²) >= 11 is 0. The molecule has 0 amide bonds. The van der Waals surface area contributed by atoms with Gasteiger partial charge in [-0.2, -0.15) is 0 Å². The summed E-state index contributed by atoms with van der Waals surface area (Å²) in [5.74, 6) is 0.763. The lowest BCUT2D eigenvalue weighted by Crippen LogP contribution is -2.33. The third kappa shape index (κ3) is 7.45. The summed E-state index contributed by atoms with van der Waals surface area (Å²) in [5, 5.41) is 22.3. The zero-order valence-electron chi connectivity index (χ0n) is 12.2. The largest absolute Gasteiger partial charge is 0.491 e. The highest BCUT2D eigenvalue weighted by Gasteiger charge is 2.06. The van der Waals surface area contributed by atoms with Gasteiger partial charge in [0.15, 0.2) is 0 Å². The van der Waals surface area contributed by atoms with E-state index in [1.165, 1.54) is 0 Å². The van der Waals surface area contributed by atoms with Crippen LogP contribution < -0.4 is 10.1 Å². The van der Waals surface area contributed by atoms with Crippen LogP contribution in [0, 0.1) is 6.92 Å². The minimum absolute atomic E-state index is 0.247. The first kappa shape index (κ1) is 16.9. The van der Waals surface area contributed by atoms with Crippen molar-refractivity contribution >= 4 is 0 Å². The number of ether oxygens (including phenoxy) is 2. The molecule has 0 aromatic heterocycles. The smallest absolute Gasteiger partial charge is 0.119 e. The number of rotatable bonds is 10. The molecule has 2 unspecified atom stereocenters. The van der Waals surface area contributed by atoms with Crippen LogP contribution in [-0.4, -0.2) is 55.8 Å². The van der Waals surface area contributed by atoms with Crippen molar-refractivity contribution in [3.05, 3.63) is 29.8 Å². The van der Waals surface area contributed by atoms with Gasteiger partial charge < -0.3 is 25.0 Å². The van der Waals surface area contributed by atoms with E-state index in [4.69, 9.17) is 9.47 Å². The van der Waals surface area contributed by atoms with E-state index in [-0.39, 0.29) is 6.61 Å². The summed E-state index contributed by atoms with van der Waals surface area (Å²) in [7, 11) is 1.56. The fourth-order valence-electron chi connectivity index (χ4n) is 1.77. The van der Waals surface area contributed by atoms with E-state index in [1.807, 2.05) is 31.2 Å². The van der Waals surface area contributed by atoms with Crippen LogP contribution >= 0.6 is 0 Å². The number of benzene rings is 1. The van der Waals surface area contributed by atoms with Crippen molar-refractivity contribution in [2.45, 2.75) is 25.6 Å². The first-order chi connectivity index (χ1) is 9.61. The second-order valence-electron chi connectivity index (χ2n) is 4.88. The molecule has 0 radical (unpaired) electrons. The lowest BCUT2D eigenvalue weighted by atomic mass is 10.2. The number of methoxy groups -OCH3 is 1.